The van der Waals surface area contributed by atoms with Gasteiger partial charge in [-0.2, -0.15) is 0 Å². The highest BCUT2D eigenvalue weighted by molar-refractivity contribution is 6.01. The number of carbonyl (C=O) groups is 3. The molecule has 28 heavy (non-hydrogen) atoms. The van der Waals surface area contributed by atoms with E-state index in [4.69, 9.17) is 9.84 Å². The van der Waals surface area contributed by atoms with Gasteiger partial charge in [0.1, 0.15) is 5.60 Å². The predicted molar refractivity (Wildman–Crippen MR) is 103 cm³/mol. The fraction of sp³-hybridized carbons (Fsp3) is 0.318. The highest BCUT2D eigenvalue weighted by atomic mass is 16.6. The summed E-state index contributed by atoms with van der Waals surface area (Å²) in [6.07, 6.45) is 0. The number of carboxylic acids is 1. The Balaban J connectivity index is 1.71. The molecule has 6 heteroatoms. The van der Waals surface area contributed by atoms with Crippen molar-refractivity contribution < 1.29 is 24.2 Å². The van der Waals surface area contributed by atoms with Gasteiger partial charge in [0.05, 0.1) is 17.7 Å². The molecule has 0 saturated carbocycles. The molecule has 0 aliphatic carbocycles. The molecule has 0 atom stereocenters. The molecule has 1 N–H and O–H groups in total. The van der Waals surface area contributed by atoms with Crippen LogP contribution in [0.25, 0.3) is 0 Å². The van der Waals surface area contributed by atoms with Crippen LogP contribution in [0.15, 0.2) is 42.5 Å². The van der Waals surface area contributed by atoms with Crippen LogP contribution in [0.2, 0.25) is 0 Å². The van der Waals surface area contributed by atoms with Crippen molar-refractivity contribution in [1.29, 1.82) is 0 Å². The smallest absolute Gasteiger partial charge is 0.338 e. The molecular formula is C22H23NO5. The van der Waals surface area contributed by atoms with E-state index < -0.39 is 11.6 Å². The summed E-state index contributed by atoms with van der Waals surface area (Å²) in [6, 6.07) is 11.7. The summed E-state index contributed by atoms with van der Waals surface area (Å²) in [4.78, 5) is 37.6. The van der Waals surface area contributed by atoms with Gasteiger partial charge in [-0.1, -0.05) is 18.2 Å². The molecule has 1 heterocycles. The molecule has 0 spiro atoms. The molecule has 0 bridgehead atoms. The van der Waals surface area contributed by atoms with Gasteiger partial charge < -0.3 is 9.84 Å². The molecule has 0 amide bonds. The number of Topliss-reactive ketones (excluding diaryl/α,β-unsaturated/α-hetero) is 1. The highest BCUT2D eigenvalue weighted by Gasteiger charge is 2.24. The van der Waals surface area contributed by atoms with E-state index in [1.807, 2.05) is 37.8 Å². The zero-order valence-electron chi connectivity index (χ0n) is 16.2. The third-order valence-corrected chi connectivity index (χ3v) is 4.41. The first kappa shape index (κ1) is 19.8. The standard InChI is InChI=1S/C22H23NO5/c1-22(2,3)28-21(27)15-6-4-14(5-7-15)11-23-12-17-10-16(20(25)26)8-9-18(17)19(24)13-23/h4-10H,11-13H2,1-3H3,(H,25,26). The number of carbonyl (C=O) groups excluding carboxylic acids is 2. The minimum atomic E-state index is -1.01. The van der Waals surface area contributed by atoms with Gasteiger partial charge in [-0.15, -0.1) is 0 Å². The second-order valence-electron chi connectivity index (χ2n) is 7.94. The number of ether oxygens (including phenoxy) is 1. The van der Waals surface area contributed by atoms with Crippen molar-refractivity contribution in [2.24, 2.45) is 0 Å². The van der Waals surface area contributed by atoms with Crippen molar-refractivity contribution >= 4 is 17.7 Å². The number of carboxylic acid groups (broad SMARTS) is 1. The van der Waals surface area contributed by atoms with Gasteiger partial charge in [0.25, 0.3) is 0 Å². The Morgan fingerprint density at radius 3 is 2.29 bits per heavy atom. The van der Waals surface area contributed by atoms with Crippen molar-refractivity contribution in [1.82, 2.24) is 4.90 Å². The summed E-state index contributed by atoms with van der Waals surface area (Å²) in [5.41, 5.74) is 2.37. The summed E-state index contributed by atoms with van der Waals surface area (Å²) in [5.74, 6) is -1.41. The zero-order valence-corrected chi connectivity index (χ0v) is 16.2. The van der Waals surface area contributed by atoms with Crippen molar-refractivity contribution in [3.05, 3.63) is 70.3 Å². The lowest BCUT2D eigenvalue weighted by Gasteiger charge is -2.28. The number of nitrogens with zero attached hydrogens (tertiary/aromatic N) is 1. The average molecular weight is 381 g/mol. The summed E-state index contributed by atoms with van der Waals surface area (Å²) in [5, 5.41) is 9.16. The van der Waals surface area contributed by atoms with E-state index in [9.17, 15) is 14.4 Å². The number of rotatable bonds is 4. The Morgan fingerprint density at radius 1 is 1.04 bits per heavy atom. The van der Waals surface area contributed by atoms with E-state index >= 15 is 0 Å². The van der Waals surface area contributed by atoms with Gasteiger partial charge in [0.15, 0.2) is 5.78 Å². The SMILES string of the molecule is CC(C)(C)OC(=O)c1ccc(CN2CC(=O)c3ccc(C(=O)O)cc3C2)cc1. The van der Waals surface area contributed by atoms with Crippen LogP contribution >= 0.6 is 0 Å². The Kier molecular flexibility index (Phi) is 5.34. The van der Waals surface area contributed by atoms with Crippen molar-refractivity contribution in [2.75, 3.05) is 6.54 Å². The maximum absolute atomic E-state index is 12.4. The van der Waals surface area contributed by atoms with Crippen LogP contribution in [0.5, 0.6) is 0 Å². The number of benzene rings is 2. The normalized spacial score (nSPS) is 14.5. The summed E-state index contributed by atoms with van der Waals surface area (Å²) in [7, 11) is 0. The monoisotopic (exact) mass is 381 g/mol. The maximum atomic E-state index is 12.4. The van der Waals surface area contributed by atoms with Gasteiger partial charge in [0, 0.05) is 18.7 Å². The van der Waals surface area contributed by atoms with Crippen LogP contribution in [0.1, 0.15) is 63.0 Å². The molecule has 0 aromatic heterocycles. The summed E-state index contributed by atoms with van der Waals surface area (Å²) < 4.78 is 5.36. The molecule has 0 fully saturated rings. The Bertz CT molecular complexity index is 925. The fourth-order valence-electron chi connectivity index (χ4n) is 3.17. The minimum absolute atomic E-state index is 0.0245. The van der Waals surface area contributed by atoms with E-state index in [-0.39, 0.29) is 23.9 Å². The molecule has 146 valence electrons. The van der Waals surface area contributed by atoms with E-state index in [0.717, 1.165) is 11.1 Å². The zero-order chi connectivity index (χ0) is 20.5. The van der Waals surface area contributed by atoms with Crippen molar-refractivity contribution in [3.63, 3.8) is 0 Å². The van der Waals surface area contributed by atoms with Crippen LogP contribution in [-0.2, 0) is 17.8 Å². The van der Waals surface area contributed by atoms with Gasteiger partial charge in [-0.25, -0.2) is 9.59 Å². The molecule has 2 aromatic carbocycles. The Morgan fingerprint density at radius 2 is 1.68 bits per heavy atom. The number of aromatic carboxylic acids is 1. The second kappa shape index (κ2) is 7.56. The van der Waals surface area contributed by atoms with Crippen LogP contribution < -0.4 is 0 Å². The van der Waals surface area contributed by atoms with Gasteiger partial charge in [0.2, 0.25) is 0 Å². The molecule has 3 rings (SSSR count). The summed E-state index contributed by atoms with van der Waals surface area (Å²) in [6.45, 7) is 6.75. The number of esters is 1. The Hall–Kier alpha value is -2.99. The predicted octanol–water partition coefficient (Wildman–Crippen LogP) is 3.54. The lowest BCUT2D eigenvalue weighted by molar-refractivity contribution is 0.00692. The lowest BCUT2D eigenvalue weighted by Crippen LogP contribution is -2.34. The number of hydrogen-bond acceptors (Lipinski definition) is 5. The number of ketones is 1. The van der Waals surface area contributed by atoms with E-state index in [2.05, 4.69) is 0 Å². The number of hydrogen-bond donors (Lipinski definition) is 1. The lowest BCUT2D eigenvalue weighted by atomic mass is 9.96. The van der Waals surface area contributed by atoms with Gasteiger partial charge in [-0.05, 0) is 56.2 Å². The first-order valence-corrected chi connectivity index (χ1v) is 9.06. The van der Waals surface area contributed by atoms with Crippen LogP contribution in [0.3, 0.4) is 0 Å². The fourth-order valence-corrected chi connectivity index (χ4v) is 3.17. The molecule has 6 nitrogen and oxygen atoms in total. The molecule has 0 saturated heterocycles. The second-order valence-corrected chi connectivity index (χ2v) is 7.94. The molecular weight excluding hydrogens is 358 g/mol. The number of fused-ring (bicyclic) bond motifs is 1. The molecule has 2 aromatic rings. The first-order chi connectivity index (χ1) is 13.1. The molecule has 1 aliphatic rings. The summed E-state index contributed by atoms with van der Waals surface area (Å²) >= 11 is 0. The van der Waals surface area contributed by atoms with E-state index in [0.29, 0.717) is 24.2 Å². The topological polar surface area (TPSA) is 83.9 Å². The van der Waals surface area contributed by atoms with Crippen molar-refractivity contribution in [2.45, 2.75) is 39.5 Å². The van der Waals surface area contributed by atoms with Gasteiger partial charge >= 0.3 is 11.9 Å². The van der Waals surface area contributed by atoms with Crippen LogP contribution in [0.4, 0.5) is 0 Å². The third kappa shape index (κ3) is 4.64. The Labute approximate surface area is 163 Å². The van der Waals surface area contributed by atoms with E-state index in [1.165, 1.54) is 6.07 Å². The highest BCUT2D eigenvalue weighted by Crippen LogP contribution is 2.22. The quantitative estimate of drug-likeness (QED) is 0.816. The molecule has 1 aliphatic heterocycles. The molecule has 0 radical (unpaired) electrons. The first-order valence-electron chi connectivity index (χ1n) is 9.06. The van der Waals surface area contributed by atoms with Gasteiger partial charge in [-0.3, -0.25) is 9.69 Å². The van der Waals surface area contributed by atoms with Crippen LogP contribution in [0, 0.1) is 0 Å². The third-order valence-electron chi connectivity index (χ3n) is 4.41. The largest absolute Gasteiger partial charge is 0.478 e. The van der Waals surface area contributed by atoms with Crippen LogP contribution in [-0.4, -0.2) is 39.9 Å². The average Bonchev–Trinajstić information content (AvgIpc) is 2.60. The van der Waals surface area contributed by atoms with Crippen molar-refractivity contribution in [3.8, 4) is 0 Å². The maximum Gasteiger partial charge on any atom is 0.338 e. The van der Waals surface area contributed by atoms with E-state index in [1.54, 1.807) is 24.3 Å². The molecule has 0 unspecified atom stereocenters. The minimum Gasteiger partial charge on any atom is -0.478 e.